The van der Waals surface area contributed by atoms with Crippen LogP contribution in [0.2, 0.25) is 0 Å². The van der Waals surface area contributed by atoms with Gasteiger partial charge < -0.3 is 10.3 Å². The minimum atomic E-state index is -0.136. The van der Waals surface area contributed by atoms with Crippen molar-refractivity contribution in [3.05, 3.63) is 54.5 Å². The monoisotopic (exact) mass is 342 g/mol. The Kier molecular flexibility index (Phi) is 3.99. The van der Waals surface area contributed by atoms with Crippen LogP contribution in [0, 0.1) is 6.92 Å². The van der Waals surface area contributed by atoms with Crippen LogP contribution in [0.1, 0.15) is 16.1 Å². The van der Waals surface area contributed by atoms with Gasteiger partial charge in [0, 0.05) is 15.0 Å². The lowest BCUT2D eigenvalue weighted by atomic mass is 10.2. The molecule has 0 atom stereocenters. The fourth-order valence-electron chi connectivity index (χ4n) is 1.64. The van der Waals surface area contributed by atoms with Gasteiger partial charge in [-0.2, -0.15) is 0 Å². The van der Waals surface area contributed by atoms with Gasteiger partial charge in [-0.25, -0.2) is 0 Å². The van der Waals surface area contributed by atoms with E-state index in [-0.39, 0.29) is 10.5 Å². The highest BCUT2D eigenvalue weighted by Crippen LogP contribution is 2.23. The van der Waals surface area contributed by atoms with Crippen LogP contribution in [-0.4, -0.2) is 9.56 Å². The first-order chi connectivity index (χ1) is 8.50. The lowest BCUT2D eigenvalue weighted by molar-refractivity contribution is 0.735. The van der Waals surface area contributed by atoms with Crippen LogP contribution in [0.3, 0.4) is 0 Å². The Morgan fingerprint density at radius 2 is 2.22 bits per heavy atom. The molecule has 18 heavy (non-hydrogen) atoms. The summed E-state index contributed by atoms with van der Waals surface area (Å²) >= 11 is 9.95. The lowest BCUT2D eigenvalue weighted by Crippen LogP contribution is -2.30. The van der Waals surface area contributed by atoms with E-state index >= 15 is 0 Å². The number of aryl methyl sites for hydroxylation is 1. The predicted molar refractivity (Wildman–Crippen MR) is 82.4 cm³/mol. The second-order valence-electron chi connectivity index (χ2n) is 3.84. The molecule has 2 N–H and O–H groups in total. The average molecular weight is 343 g/mol. The molecule has 0 aliphatic rings. The first kappa shape index (κ1) is 13.5. The van der Waals surface area contributed by atoms with Crippen molar-refractivity contribution < 1.29 is 0 Å². The molecule has 0 aromatic carbocycles. The summed E-state index contributed by atoms with van der Waals surface area (Å²) in [6, 6.07) is 5.51. The third-order valence-corrected chi connectivity index (χ3v) is 4.78. The highest BCUT2D eigenvalue weighted by Gasteiger charge is 2.10. The summed E-state index contributed by atoms with van der Waals surface area (Å²) in [5.41, 5.74) is 6.69. The zero-order chi connectivity index (χ0) is 13.3. The van der Waals surface area contributed by atoms with E-state index < -0.39 is 0 Å². The fraction of sp³-hybridized carbons (Fsp3) is 0.167. The molecule has 0 spiro atoms. The summed E-state index contributed by atoms with van der Waals surface area (Å²) in [6.07, 6.45) is 0. The first-order valence-corrected chi connectivity index (χ1v) is 7.31. The van der Waals surface area contributed by atoms with E-state index in [2.05, 4.69) is 15.9 Å². The number of hydrogen-bond acceptors (Lipinski definition) is 3. The first-order valence-electron chi connectivity index (χ1n) is 5.23. The van der Waals surface area contributed by atoms with Crippen molar-refractivity contribution in [3.8, 4) is 0 Å². The fourth-order valence-corrected chi connectivity index (χ4v) is 3.26. The second-order valence-corrected chi connectivity index (χ2v) is 6.13. The lowest BCUT2D eigenvalue weighted by Gasteiger charge is -2.10. The van der Waals surface area contributed by atoms with Crippen LogP contribution in [0.5, 0.6) is 0 Å². The summed E-state index contributed by atoms with van der Waals surface area (Å²) in [7, 11) is 0. The Labute approximate surface area is 122 Å². The maximum atomic E-state index is 12.3. The van der Waals surface area contributed by atoms with Gasteiger partial charge in [0.2, 0.25) is 0 Å². The van der Waals surface area contributed by atoms with Gasteiger partial charge in [0.15, 0.2) is 0 Å². The number of thiophene rings is 1. The third kappa shape index (κ3) is 2.55. The van der Waals surface area contributed by atoms with E-state index in [0.717, 1.165) is 15.0 Å². The van der Waals surface area contributed by atoms with Crippen LogP contribution in [-0.2, 0) is 6.54 Å². The second kappa shape index (κ2) is 5.34. The Bertz CT molecular complexity index is 660. The quantitative estimate of drug-likeness (QED) is 0.872. The zero-order valence-electron chi connectivity index (χ0n) is 9.64. The van der Waals surface area contributed by atoms with Crippen LogP contribution in [0.15, 0.2) is 32.8 Å². The van der Waals surface area contributed by atoms with E-state index in [1.165, 1.54) is 0 Å². The van der Waals surface area contributed by atoms with Gasteiger partial charge in [0.1, 0.15) is 4.99 Å². The number of thiocarbonyl (C=S) groups is 1. The highest BCUT2D eigenvalue weighted by molar-refractivity contribution is 9.10. The molecule has 2 heterocycles. The molecule has 0 aliphatic carbocycles. The Hall–Kier alpha value is -0.980. The summed E-state index contributed by atoms with van der Waals surface area (Å²) in [4.78, 5) is 13.5. The zero-order valence-corrected chi connectivity index (χ0v) is 12.9. The molecule has 0 unspecified atom stereocenters. The van der Waals surface area contributed by atoms with Crippen molar-refractivity contribution in [1.82, 2.24) is 4.57 Å². The summed E-state index contributed by atoms with van der Waals surface area (Å²) < 4.78 is 2.70. The molecule has 6 heteroatoms. The topological polar surface area (TPSA) is 48.0 Å². The van der Waals surface area contributed by atoms with Crippen molar-refractivity contribution in [2.75, 3.05) is 0 Å². The average Bonchev–Trinajstić information content (AvgIpc) is 2.69. The Morgan fingerprint density at radius 3 is 2.78 bits per heavy atom. The maximum absolute atomic E-state index is 12.3. The van der Waals surface area contributed by atoms with Gasteiger partial charge in [0.05, 0.1) is 12.1 Å². The standard InChI is InChI=1S/C12H11BrN2OS2/c1-7-2-3-8(11(14)17)12(16)15(7)6-10-9(13)4-5-18-10/h2-5H,6H2,1H3,(H2,14,17). The van der Waals surface area contributed by atoms with Crippen molar-refractivity contribution in [1.29, 1.82) is 0 Å². The van der Waals surface area contributed by atoms with Gasteiger partial charge in [-0.15, -0.1) is 11.3 Å². The van der Waals surface area contributed by atoms with E-state index in [9.17, 15) is 4.79 Å². The molecule has 0 radical (unpaired) electrons. The summed E-state index contributed by atoms with van der Waals surface area (Å²) in [5, 5.41) is 1.98. The van der Waals surface area contributed by atoms with E-state index in [4.69, 9.17) is 18.0 Å². The molecule has 0 bridgehead atoms. The largest absolute Gasteiger partial charge is 0.389 e. The van der Waals surface area contributed by atoms with Gasteiger partial charge in [-0.1, -0.05) is 12.2 Å². The Morgan fingerprint density at radius 1 is 1.50 bits per heavy atom. The SMILES string of the molecule is Cc1ccc(C(N)=S)c(=O)n1Cc1sccc1Br. The molecule has 2 aromatic rings. The molecule has 94 valence electrons. The molecule has 2 aromatic heterocycles. The number of rotatable bonds is 3. The number of halogens is 1. The molecule has 3 nitrogen and oxygen atoms in total. The molecular weight excluding hydrogens is 332 g/mol. The third-order valence-electron chi connectivity index (χ3n) is 2.65. The van der Waals surface area contributed by atoms with Gasteiger partial charge in [-0.05, 0) is 46.4 Å². The van der Waals surface area contributed by atoms with Crippen LogP contribution < -0.4 is 11.3 Å². The minimum Gasteiger partial charge on any atom is -0.389 e. The smallest absolute Gasteiger partial charge is 0.261 e. The van der Waals surface area contributed by atoms with Crippen molar-refractivity contribution in [3.63, 3.8) is 0 Å². The molecular formula is C12H11BrN2OS2. The van der Waals surface area contributed by atoms with Crippen LogP contribution in [0.25, 0.3) is 0 Å². The highest BCUT2D eigenvalue weighted by atomic mass is 79.9. The van der Waals surface area contributed by atoms with Gasteiger partial charge in [0.25, 0.3) is 5.56 Å². The molecule has 0 saturated carbocycles. The molecule has 0 aliphatic heterocycles. The number of nitrogens with two attached hydrogens (primary N) is 1. The van der Waals surface area contributed by atoms with Crippen LogP contribution in [0.4, 0.5) is 0 Å². The molecule has 0 saturated heterocycles. The summed E-state index contributed by atoms with van der Waals surface area (Å²) in [5.74, 6) is 0. The van der Waals surface area contributed by atoms with Gasteiger partial charge >= 0.3 is 0 Å². The molecule has 0 amide bonds. The van der Waals surface area contributed by atoms with Crippen molar-refractivity contribution in [2.24, 2.45) is 5.73 Å². The Balaban J connectivity index is 2.51. The summed E-state index contributed by atoms with van der Waals surface area (Å²) in [6.45, 7) is 2.42. The molecule has 2 rings (SSSR count). The van der Waals surface area contributed by atoms with Crippen molar-refractivity contribution >= 4 is 44.5 Å². The number of hydrogen-bond donors (Lipinski definition) is 1. The minimum absolute atomic E-state index is 0.136. The van der Waals surface area contributed by atoms with Crippen LogP contribution >= 0.6 is 39.5 Å². The van der Waals surface area contributed by atoms with E-state index in [1.54, 1.807) is 22.0 Å². The number of nitrogens with zero attached hydrogens (tertiary/aromatic N) is 1. The van der Waals surface area contributed by atoms with E-state index in [0.29, 0.717) is 12.1 Å². The van der Waals surface area contributed by atoms with E-state index in [1.807, 2.05) is 24.4 Å². The predicted octanol–water partition coefficient (Wildman–Crippen LogP) is 2.66. The van der Waals surface area contributed by atoms with Gasteiger partial charge in [-0.3, -0.25) is 4.79 Å². The van der Waals surface area contributed by atoms with Crippen molar-refractivity contribution in [2.45, 2.75) is 13.5 Å². The number of pyridine rings is 1. The number of aromatic nitrogens is 1. The maximum Gasteiger partial charge on any atom is 0.261 e. The normalized spacial score (nSPS) is 10.6. The molecule has 0 fully saturated rings.